The van der Waals surface area contributed by atoms with Crippen molar-refractivity contribution in [2.75, 3.05) is 11.1 Å². The molecule has 0 radical (unpaired) electrons. The molecule has 0 amide bonds. The SMILES string of the molecule is N#Cc1c(F)cccc1NC1CS(=O)(=O)c2ccccc21. The molecule has 3 rings (SSSR count). The fourth-order valence-electron chi connectivity index (χ4n) is 2.52. The number of nitriles is 1. The van der Waals surface area contributed by atoms with Crippen LogP contribution in [0.3, 0.4) is 0 Å². The van der Waals surface area contributed by atoms with Gasteiger partial charge in [-0.3, -0.25) is 0 Å². The van der Waals surface area contributed by atoms with Crippen LogP contribution in [0.2, 0.25) is 0 Å². The molecule has 1 aliphatic rings. The van der Waals surface area contributed by atoms with E-state index in [1.165, 1.54) is 12.1 Å². The number of halogens is 1. The van der Waals surface area contributed by atoms with E-state index in [0.29, 0.717) is 11.3 Å². The van der Waals surface area contributed by atoms with Crippen LogP contribution in [0.4, 0.5) is 10.1 Å². The summed E-state index contributed by atoms with van der Waals surface area (Å²) in [4.78, 5) is 0.289. The van der Waals surface area contributed by atoms with Crippen LogP contribution in [0.1, 0.15) is 17.2 Å². The van der Waals surface area contributed by atoms with Crippen LogP contribution in [-0.4, -0.2) is 14.2 Å². The van der Waals surface area contributed by atoms with Crippen molar-refractivity contribution in [3.63, 3.8) is 0 Å². The Hall–Kier alpha value is -2.39. The first-order valence-corrected chi connectivity index (χ1v) is 7.95. The third-order valence-corrected chi connectivity index (χ3v) is 5.28. The number of hydrogen-bond acceptors (Lipinski definition) is 4. The highest BCUT2D eigenvalue weighted by molar-refractivity contribution is 7.91. The van der Waals surface area contributed by atoms with Gasteiger partial charge in [-0.15, -0.1) is 0 Å². The molecular formula is C15H11FN2O2S. The third-order valence-electron chi connectivity index (χ3n) is 3.47. The summed E-state index contributed by atoms with van der Waals surface area (Å²) in [7, 11) is -3.34. The van der Waals surface area contributed by atoms with Crippen molar-refractivity contribution >= 4 is 15.5 Å². The quantitative estimate of drug-likeness (QED) is 0.926. The first-order chi connectivity index (χ1) is 10.0. The first kappa shape index (κ1) is 13.6. The molecule has 2 aromatic rings. The summed E-state index contributed by atoms with van der Waals surface area (Å²) in [6, 6.07) is 12.3. The molecule has 0 spiro atoms. The summed E-state index contributed by atoms with van der Waals surface area (Å²) in [5.74, 6) is -0.732. The number of fused-ring (bicyclic) bond motifs is 1. The van der Waals surface area contributed by atoms with E-state index in [0.717, 1.165) is 0 Å². The highest BCUT2D eigenvalue weighted by atomic mass is 32.2. The number of nitrogens with one attached hydrogen (secondary N) is 1. The second-order valence-corrected chi connectivity index (χ2v) is 6.79. The highest BCUT2D eigenvalue weighted by Crippen LogP contribution is 2.36. The van der Waals surface area contributed by atoms with Gasteiger partial charge in [0.15, 0.2) is 9.84 Å². The Kier molecular flexibility index (Phi) is 3.15. The number of hydrogen-bond donors (Lipinski definition) is 1. The van der Waals surface area contributed by atoms with Gasteiger partial charge >= 0.3 is 0 Å². The Labute approximate surface area is 121 Å². The molecular weight excluding hydrogens is 291 g/mol. The Balaban J connectivity index is 2.02. The van der Waals surface area contributed by atoms with Gasteiger partial charge in [0.2, 0.25) is 0 Å². The van der Waals surface area contributed by atoms with Crippen molar-refractivity contribution in [2.45, 2.75) is 10.9 Å². The minimum Gasteiger partial charge on any atom is -0.376 e. The predicted octanol–water partition coefficient (Wildman–Crippen LogP) is 2.64. The molecule has 1 atom stereocenters. The normalized spacial score (nSPS) is 18.8. The minimum atomic E-state index is -3.34. The van der Waals surface area contributed by atoms with Crippen LogP contribution in [0.5, 0.6) is 0 Å². The Bertz CT molecular complexity index is 856. The standard InChI is InChI=1S/C15H11FN2O2S/c16-12-5-3-6-13(11(12)8-17)18-14-9-21(19,20)15-7-2-1-4-10(14)15/h1-7,14,18H,9H2. The first-order valence-electron chi connectivity index (χ1n) is 6.30. The molecule has 1 heterocycles. The number of sulfone groups is 1. The molecule has 0 aliphatic carbocycles. The smallest absolute Gasteiger partial charge is 0.181 e. The largest absolute Gasteiger partial charge is 0.376 e. The minimum absolute atomic E-state index is 0.103. The molecule has 21 heavy (non-hydrogen) atoms. The Morgan fingerprint density at radius 1 is 1.19 bits per heavy atom. The van der Waals surface area contributed by atoms with Gasteiger partial charge in [-0.2, -0.15) is 5.26 Å². The second-order valence-electron chi connectivity index (χ2n) is 4.79. The van der Waals surface area contributed by atoms with E-state index in [1.807, 2.05) is 0 Å². The lowest BCUT2D eigenvalue weighted by molar-refractivity contribution is 0.598. The maximum absolute atomic E-state index is 13.6. The van der Waals surface area contributed by atoms with E-state index in [2.05, 4.69) is 5.32 Å². The molecule has 0 saturated carbocycles. The number of benzene rings is 2. The molecule has 0 bridgehead atoms. The van der Waals surface area contributed by atoms with Crippen molar-refractivity contribution < 1.29 is 12.8 Å². The summed E-state index contributed by atoms with van der Waals surface area (Å²) in [6.07, 6.45) is 0. The van der Waals surface area contributed by atoms with Gasteiger partial charge in [-0.1, -0.05) is 24.3 Å². The van der Waals surface area contributed by atoms with Gasteiger partial charge in [0.05, 0.1) is 22.4 Å². The summed E-state index contributed by atoms with van der Waals surface area (Å²) >= 11 is 0. The van der Waals surface area contributed by atoms with Crippen LogP contribution in [0.25, 0.3) is 0 Å². The van der Waals surface area contributed by atoms with Gasteiger partial charge in [0.1, 0.15) is 17.4 Å². The predicted molar refractivity (Wildman–Crippen MR) is 76.0 cm³/mol. The third kappa shape index (κ3) is 2.26. The van der Waals surface area contributed by atoms with E-state index in [4.69, 9.17) is 5.26 Å². The molecule has 1 unspecified atom stereocenters. The van der Waals surface area contributed by atoms with Crippen molar-refractivity contribution in [3.8, 4) is 6.07 Å². The second kappa shape index (κ2) is 4.86. The van der Waals surface area contributed by atoms with E-state index in [9.17, 15) is 12.8 Å². The average molecular weight is 302 g/mol. The zero-order valence-electron chi connectivity index (χ0n) is 10.9. The molecule has 0 saturated heterocycles. The van der Waals surface area contributed by atoms with Crippen LogP contribution < -0.4 is 5.32 Å². The Morgan fingerprint density at radius 2 is 1.95 bits per heavy atom. The van der Waals surface area contributed by atoms with Gasteiger partial charge < -0.3 is 5.32 Å². The van der Waals surface area contributed by atoms with Crippen LogP contribution in [-0.2, 0) is 9.84 Å². The van der Waals surface area contributed by atoms with E-state index < -0.39 is 21.7 Å². The van der Waals surface area contributed by atoms with Gasteiger partial charge in [-0.05, 0) is 23.8 Å². The van der Waals surface area contributed by atoms with Crippen LogP contribution in [0, 0.1) is 17.1 Å². The van der Waals surface area contributed by atoms with Crippen molar-refractivity contribution in [3.05, 3.63) is 59.4 Å². The van der Waals surface area contributed by atoms with Gasteiger partial charge in [-0.25, -0.2) is 12.8 Å². The number of nitrogens with zero attached hydrogens (tertiary/aromatic N) is 1. The molecule has 0 fully saturated rings. The molecule has 4 nitrogen and oxygen atoms in total. The fourth-order valence-corrected chi connectivity index (χ4v) is 4.25. The lowest BCUT2D eigenvalue weighted by Crippen LogP contribution is -2.14. The molecule has 2 aromatic carbocycles. The monoisotopic (exact) mass is 302 g/mol. The van der Waals surface area contributed by atoms with Crippen molar-refractivity contribution in [1.29, 1.82) is 5.26 Å². The molecule has 1 aliphatic heterocycles. The lowest BCUT2D eigenvalue weighted by Gasteiger charge is -2.15. The molecule has 6 heteroatoms. The summed E-state index contributed by atoms with van der Waals surface area (Å²) in [5.41, 5.74) is 0.833. The maximum atomic E-state index is 13.6. The summed E-state index contributed by atoms with van der Waals surface area (Å²) < 4.78 is 37.8. The van der Waals surface area contributed by atoms with E-state index in [-0.39, 0.29) is 16.2 Å². The number of anilines is 1. The Morgan fingerprint density at radius 3 is 2.71 bits per heavy atom. The topological polar surface area (TPSA) is 70.0 Å². The zero-order valence-corrected chi connectivity index (χ0v) is 11.7. The average Bonchev–Trinajstić information content (AvgIpc) is 2.71. The molecule has 106 valence electrons. The van der Waals surface area contributed by atoms with Crippen molar-refractivity contribution in [1.82, 2.24) is 0 Å². The van der Waals surface area contributed by atoms with Crippen molar-refractivity contribution in [2.24, 2.45) is 0 Å². The molecule has 1 N–H and O–H groups in total. The summed E-state index contributed by atoms with van der Waals surface area (Å²) in [5, 5.41) is 12.0. The van der Waals surface area contributed by atoms with E-state index in [1.54, 1.807) is 36.4 Å². The highest BCUT2D eigenvalue weighted by Gasteiger charge is 2.34. The lowest BCUT2D eigenvalue weighted by atomic mass is 10.1. The molecule has 0 aromatic heterocycles. The summed E-state index contributed by atoms with van der Waals surface area (Å²) in [6.45, 7) is 0. The number of rotatable bonds is 2. The maximum Gasteiger partial charge on any atom is 0.181 e. The van der Waals surface area contributed by atoms with Gasteiger partial charge in [0, 0.05) is 0 Å². The van der Waals surface area contributed by atoms with Crippen LogP contribution >= 0.6 is 0 Å². The van der Waals surface area contributed by atoms with Gasteiger partial charge in [0.25, 0.3) is 0 Å². The zero-order chi connectivity index (χ0) is 15.0. The van der Waals surface area contributed by atoms with Crippen LogP contribution in [0.15, 0.2) is 47.4 Å². The fraction of sp³-hybridized carbons (Fsp3) is 0.133. The van der Waals surface area contributed by atoms with E-state index >= 15 is 0 Å².